The molecule has 8 nitrogen and oxygen atoms in total. The molecule has 3 aromatic rings. The normalized spacial score (nSPS) is 12.9. The van der Waals surface area contributed by atoms with Gasteiger partial charge in [0.25, 0.3) is 0 Å². The highest BCUT2D eigenvalue weighted by Gasteiger charge is 2.28. The van der Waals surface area contributed by atoms with Crippen LogP contribution < -0.4 is 15.6 Å². The van der Waals surface area contributed by atoms with Gasteiger partial charge in [0.2, 0.25) is 11.6 Å². The van der Waals surface area contributed by atoms with Crippen molar-refractivity contribution in [2.75, 3.05) is 17.7 Å². The minimum atomic E-state index is -0.491. The molecule has 4 rings (SSSR count). The van der Waals surface area contributed by atoms with Gasteiger partial charge in [-0.15, -0.1) is 11.3 Å². The van der Waals surface area contributed by atoms with Crippen LogP contribution in [0.2, 0.25) is 0 Å². The number of rotatable bonds is 8. The van der Waals surface area contributed by atoms with Gasteiger partial charge in [-0.25, -0.2) is 9.59 Å². The summed E-state index contributed by atoms with van der Waals surface area (Å²) in [5, 5.41) is 6.41. The zero-order valence-corrected chi connectivity index (χ0v) is 19.3. The average Bonchev–Trinajstić information content (AvgIpc) is 3.34. The number of hydrogen-bond donors (Lipinski definition) is 2. The van der Waals surface area contributed by atoms with Crippen molar-refractivity contribution < 1.29 is 23.5 Å². The topological polar surface area (TPSA) is 105 Å². The fourth-order valence-electron chi connectivity index (χ4n) is 3.64. The number of para-hydroxylation sites is 1. The molecular formula is C22H24N3O5S2+. The fraction of sp³-hybridized carbons (Fsp3) is 0.364. The summed E-state index contributed by atoms with van der Waals surface area (Å²) in [6.07, 6.45) is 4.03. The first kappa shape index (κ1) is 22.3. The number of nitrogens with one attached hydrogen (secondary N) is 2. The maximum Gasteiger partial charge on any atom is 0.442 e. The highest BCUT2D eigenvalue weighted by atomic mass is 32.2. The van der Waals surface area contributed by atoms with E-state index < -0.39 is 5.63 Å². The number of thiophene rings is 1. The third-order valence-electron chi connectivity index (χ3n) is 5.09. The fourth-order valence-corrected chi connectivity index (χ4v) is 5.84. The van der Waals surface area contributed by atoms with E-state index in [0.717, 1.165) is 41.8 Å². The highest BCUT2D eigenvalue weighted by molar-refractivity contribution is 7.99. The lowest BCUT2D eigenvalue weighted by atomic mass is 9.95. The number of amides is 1. The molecule has 2 N–H and O–H groups in total. The number of benzene rings is 1. The Balaban J connectivity index is 1.43. The van der Waals surface area contributed by atoms with Gasteiger partial charge in [-0.1, -0.05) is 18.2 Å². The molecular weight excluding hydrogens is 450 g/mol. The SMILES string of the molecule is CCOC(=O)c1c(NC(=O)CCSc2c(=O)o[nH][n+]2-c2ccccc2)sc2c1CCCC2. The number of esters is 1. The number of H-pyrrole nitrogens is 1. The number of carbonyl (C=O) groups is 2. The van der Waals surface area contributed by atoms with Crippen LogP contribution in [0.3, 0.4) is 0 Å². The third-order valence-corrected chi connectivity index (χ3v) is 7.33. The average molecular weight is 475 g/mol. The molecule has 0 saturated heterocycles. The molecule has 0 bridgehead atoms. The van der Waals surface area contributed by atoms with Crippen LogP contribution in [0.15, 0.2) is 44.7 Å². The van der Waals surface area contributed by atoms with E-state index >= 15 is 0 Å². The second-order valence-corrected chi connectivity index (χ2v) is 9.43. The Kier molecular flexibility index (Phi) is 7.11. The van der Waals surface area contributed by atoms with Gasteiger partial charge >= 0.3 is 16.6 Å². The number of carbonyl (C=O) groups excluding carboxylic acids is 2. The zero-order valence-electron chi connectivity index (χ0n) is 17.6. The van der Waals surface area contributed by atoms with E-state index in [1.54, 1.807) is 11.6 Å². The number of aromatic nitrogens is 2. The smallest absolute Gasteiger partial charge is 0.442 e. The predicted molar refractivity (Wildman–Crippen MR) is 122 cm³/mol. The zero-order chi connectivity index (χ0) is 22.5. The van der Waals surface area contributed by atoms with Gasteiger partial charge in [-0.05, 0) is 59.9 Å². The second-order valence-electron chi connectivity index (χ2n) is 7.24. The van der Waals surface area contributed by atoms with E-state index in [2.05, 4.69) is 10.6 Å². The summed E-state index contributed by atoms with van der Waals surface area (Å²) in [5.74, 6) is -0.223. The van der Waals surface area contributed by atoms with Gasteiger partial charge in [-0.3, -0.25) is 9.32 Å². The lowest BCUT2D eigenvalue weighted by Gasteiger charge is -2.12. The number of fused-ring (bicyclic) bond motifs is 1. The van der Waals surface area contributed by atoms with Gasteiger partial charge in [0.15, 0.2) is 0 Å². The number of anilines is 1. The number of ether oxygens (including phenoxy) is 1. The maximum atomic E-state index is 12.6. The molecule has 0 unspecified atom stereocenters. The summed E-state index contributed by atoms with van der Waals surface area (Å²) >= 11 is 2.70. The maximum absolute atomic E-state index is 12.6. The molecule has 0 spiro atoms. The lowest BCUT2D eigenvalue weighted by Crippen LogP contribution is -2.36. The van der Waals surface area contributed by atoms with Crippen LogP contribution in [0, 0.1) is 0 Å². The molecule has 10 heteroatoms. The largest absolute Gasteiger partial charge is 0.462 e. The number of nitrogens with zero attached hydrogens (tertiary/aromatic N) is 1. The standard InChI is InChI=1S/C22H23N3O5S2/c1-2-29-21(27)18-15-10-6-7-11-16(15)32-19(18)23-17(26)12-13-31-20-22(28)30-24-25(20)14-8-4-3-5-9-14/h3-5,8-9H,2,6-7,10-13H2,1H3,(H-,23,24,26,27,28)/p+1. The Morgan fingerprint density at radius 2 is 2.03 bits per heavy atom. The van der Waals surface area contributed by atoms with E-state index in [1.165, 1.54) is 23.1 Å². The van der Waals surface area contributed by atoms with Crippen molar-refractivity contribution in [3.8, 4) is 5.69 Å². The van der Waals surface area contributed by atoms with Crippen molar-refractivity contribution in [2.45, 2.75) is 44.1 Å². The lowest BCUT2D eigenvalue weighted by molar-refractivity contribution is -0.704. The summed E-state index contributed by atoms with van der Waals surface area (Å²) in [5.41, 5.74) is 1.78. The molecule has 0 saturated carbocycles. The van der Waals surface area contributed by atoms with Crippen LogP contribution >= 0.6 is 23.1 Å². The van der Waals surface area contributed by atoms with Gasteiger partial charge in [0, 0.05) is 29.2 Å². The van der Waals surface area contributed by atoms with Crippen molar-refractivity contribution in [2.24, 2.45) is 0 Å². The summed E-state index contributed by atoms with van der Waals surface area (Å²) in [6, 6.07) is 9.29. The summed E-state index contributed by atoms with van der Waals surface area (Å²) in [6.45, 7) is 2.06. The minimum Gasteiger partial charge on any atom is -0.462 e. The third kappa shape index (κ3) is 4.81. The number of aromatic amines is 1. The molecule has 2 aromatic heterocycles. The first-order valence-electron chi connectivity index (χ1n) is 10.5. The molecule has 0 fully saturated rings. The molecule has 1 aliphatic rings. The molecule has 0 atom stereocenters. The van der Waals surface area contributed by atoms with Crippen LogP contribution in [0.5, 0.6) is 0 Å². The van der Waals surface area contributed by atoms with E-state index in [0.29, 0.717) is 21.3 Å². The first-order chi connectivity index (χ1) is 15.6. The Morgan fingerprint density at radius 1 is 1.25 bits per heavy atom. The molecule has 0 radical (unpaired) electrons. The van der Waals surface area contributed by atoms with Crippen molar-refractivity contribution in [1.82, 2.24) is 5.27 Å². The molecule has 1 aromatic carbocycles. The number of aryl methyl sites for hydroxylation is 1. The van der Waals surface area contributed by atoms with E-state index in [4.69, 9.17) is 9.26 Å². The van der Waals surface area contributed by atoms with Crippen molar-refractivity contribution in [3.05, 3.63) is 56.8 Å². The Labute approximate surface area is 192 Å². The van der Waals surface area contributed by atoms with Gasteiger partial charge < -0.3 is 10.1 Å². The molecule has 2 heterocycles. The van der Waals surface area contributed by atoms with Crippen LogP contribution in [-0.4, -0.2) is 29.5 Å². The molecule has 32 heavy (non-hydrogen) atoms. The van der Waals surface area contributed by atoms with Gasteiger partial charge in [-0.2, -0.15) is 0 Å². The predicted octanol–water partition coefficient (Wildman–Crippen LogP) is 3.48. The second kappa shape index (κ2) is 10.2. The summed E-state index contributed by atoms with van der Waals surface area (Å²) in [7, 11) is 0. The Hall–Kier alpha value is -2.85. The summed E-state index contributed by atoms with van der Waals surface area (Å²) in [4.78, 5) is 38.4. The molecule has 1 amide bonds. The minimum absolute atomic E-state index is 0.176. The van der Waals surface area contributed by atoms with Crippen molar-refractivity contribution in [1.29, 1.82) is 0 Å². The van der Waals surface area contributed by atoms with Crippen LogP contribution in [0.25, 0.3) is 5.69 Å². The van der Waals surface area contributed by atoms with Crippen LogP contribution in [0.1, 0.15) is 47.0 Å². The van der Waals surface area contributed by atoms with Crippen LogP contribution in [0.4, 0.5) is 5.00 Å². The molecule has 1 aliphatic carbocycles. The quantitative estimate of drug-likeness (QED) is 0.294. The Bertz CT molecular complexity index is 1170. The van der Waals surface area contributed by atoms with E-state index in [-0.39, 0.29) is 24.9 Å². The van der Waals surface area contributed by atoms with Crippen LogP contribution in [-0.2, 0) is 22.4 Å². The number of hydrogen-bond acceptors (Lipinski definition) is 7. The van der Waals surface area contributed by atoms with Gasteiger partial charge in [0.05, 0.1) is 12.2 Å². The van der Waals surface area contributed by atoms with Gasteiger partial charge in [0.1, 0.15) is 5.00 Å². The summed E-state index contributed by atoms with van der Waals surface area (Å²) < 4.78 is 11.7. The van der Waals surface area contributed by atoms with E-state index in [1.807, 2.05) is 30.3 Å². The number of thioether (sulfide) groups is 1. The highest BCUT2D eigenvalue weighted by Crippen LogP contribution is 2.38. The van der Waals surface area contributed by atoms with Crippen molar-refractivity contribution >= 4 is 40.0 Å². The first-order valence-corrected chi connectivity index (χ1v) is 12.3. The molecule has 0 aliphatic heterocycles. The van der Waals surface area contributed by atoms with Crippen molar-refractivity contribution in [3.63, 3.8) is 0 Å². The monoisotopic (exact) mass is 474 g/mol. The molecule has 168 valence electrons. The Morgan fingerprint density at radius 3 is 2.81 bits per heavy atom. The van der Waals surface area contributed by atoms with E-state index in [9.17, 15) is 14.4 Å².